The molecule has 0 aliphatic rings. The van der Waals surface area contributed by atoms with Gasteiger partial charge < -0.3 is 19.9 Å². The van der Waals surface area contributed by atoms with Crippen LogP contribution in [-0.4, -0.2) is 30.3 Å². The predicted molar refractivity (Wildman–Crippen MR) is 192 cm³/mol. The number of aromatic nitrogens is 5. The first-order chi connectivity index (χ1) is 23.4. The lowest BCUT2D eigenvalue weighted by atomic mass is 10.1. The molecule has 0 bridgehead atoms. The van der Waals surface area contributed by atoms with Crippen molar-refractivity contribution in [1.82, 2.24) is 24.3 Å². The van der Waals surface area contributed by atoms with Gasteiger partial charge in [0.2, 0.25) is 11.8 Å². The molecule has 0 unspecified atom stereocenters. The first-order valence-electron chi connectivity index (χ1n) is 16.0. The van der Waals surface area contributed by atoms with E-state index in [0.717, 1.165) is 63.6 Å². The second-order valence-corrected chi connectivity index (χ2v) is 11.8. The number of ether oxygens (including phenoxy) is 1. The number of hydrogen-bond donors (Lipinski definition) is 3. The number of fused-ring (bicyclic) bond motifs is 2. The van der Waals surface area contributed by atoms with Crippen LogP contribution in [-0.2, 0) is 13.5 Å². The van der Waals surface area contributed by atoms with Crippen molar-refractivity contribution < 1.29 is 9.53 Å². The van der Waals surface area contributed by atoms with Crippen LogP contribution in [0.15, 0.2) is 109 Å². The van der Waals surface area contributed by atoms with Gasteiger partial charge in [-0.1, -0.05) is 55.3 Å². The van der Waals surface area contributed by atoms with Gasteiger partial charge in [0.1, 0.15) is 11.6 Å². The Bertz CT molecular complexity index is 2240. The first-order valence-corrected chi connectivity index (χ1v) is 16.0. The van der Waals surface area contributed by atoms with Crippen LogP contribution in [0.25, 0.3) is 27.4 Å². The number of hydrogen-bond acceptors (Lipinski definition) is 6. The highest BCUT2D eigenvalue weighted by Crippen LogP contribution is 2.34. The summed E-state index contributed by atoms with van der Waals surface area (Å²) in [6, 6.07) is 31.0. The van der Waals surface area contributed by atoms with Crippen molar-refractivity contribution in [2.24, 2.45) is 7.05 Å². The highest BCUT2D eigenvalue weighted by molar-refractivity contribution is 6.07. The minimum Gasteiger partial charge on any atom is -0.438 e. The number of benzene rings is 4. The van der Waals surface area contributed by atoms with E-state index in [1.165, 1.54) is 0 Å². The topological polar surface area (TPSA) is 111 Å². The second-order valence-electron chi connectivity index (χ2n) is 11.8. The smallest absolute Gasteiger partial charge is 0.324 e. The number of nitrogens with one attached hydrogen (secondary N) is 3. The third-order valence-corrected chi connectivity index (χ3v) is 8.18. The maximum absolute atomic E-state index is 13.4. The fourth-order valence-corrected chi connectivity index (χ4v) is 5.68. The van der Waals surface area contributed by atoms with E-state index < -0.39 is 0 Å². The van der Waals surface area contributed by atoms with E-state index in [2.05, 4.69) is 55.6 Å². The number of carbonyl (C=O) groups is 1. The Balaban J connectivity index is 1.09. The number of urea groups is 1. The zero-order valence-corrected chi connectivity index (χ0v) is 27.1. The number of aryl methyl sites for hydroxylation is 3. The Labute approximate surface area is 278 Å². The summed E-state index contributed by atoms with van der Waals surface area (Å²) in [7, 11) is 2.02. The monoisotopic (exact) mass is 636 g/mol. The molecule has 3 heterocycles. The van der Waals surface area contributed by atoms with Crippen LogP contribution >= 0.6 is 0 Å². The Morgan fingerprint density at radius 3 is 2.56 bits per heavy atom. The molecule has 3 aromatic heterocycles. The van der Waals surface area contributed by atoms with Crippen LogP contribution in [0.5, 0.6) is 11.6 Å². The molecule has 0 aliphatic carbocycles. The summed E-state index contributed by atoms with van der Waals surface area (Å²) in [5, 5.41) is 16.9. The molecular weight excluding hydrogens is 600 g/mol. The van der Waals surface area contributed by atoms with Gasteiger partial charge in [-0.2, -0.15) is 10.1 Å². The van der Waals surface area contributed by atoms with Crippen LogP contribution in [0.1, 0.15) is 31.0 Å². The number of anilines is 4. The summed E-state index contributed by atoms with van der Waals surface area (Å²) < 4.78 is 10.1. The number of rotatable bonds is 10. The number of carbonyl (C=O) groups excluding carboxylic acids is 1. The maximum Gasteiger partial charge on any atom is 0.324 e. The molecule has 7 rings (SSSR count). The predicted octanol–water partition coefficient (Wildman–Crippen LogP) is 9.14. The zero-order chi connectivity index (χ0) is 33.0. The molecule has 0 aliphatic heterocycles. The Morgan fingerprint density at radius 2 is 1.73 bits per heavy atom. The fourth-order valence-electron chi connectivity index (χ4n) is 5.68. The summed E-state index contributed by atoms with van der Waals surface area (Å²) in [5.74, 6) is 2.01. The van der Waals surface area contributed by atoms with Crippen LogP contribution in [0.4, 0.5) is 27.9 Å². The molecule has 0 radical (unpaired) electrons. The van der Waals surface area contributed by atoms with Crippen LogP contribution in [0.2, 0.25) is 0 Å². The highest BCUT2D eigenvalue weighted by atomic mass is 16.5. The minimum atomic E-state index is -0.371. The van der Waals surface area contributed by atoms with Gasteiger partial charge in [0.05, 0.1) is 17.1 Å². The van der Waals surface area contributed by atoms with Crippen LogP contribution in [0, 0.1) is 6.92 Å². The van der Waals surface area contributed by atoms with Crippen LogP contribution in [0.3, 0.4) is 0 Å². The number of nitrogens with zero attached hydrogens (tertiary/aromatic N) is 5. The van der Waals surface area contributed by atoms with Crippen molar-refractivity contribution >= 4 is 50.8 Å². The molecule has 4 aromatic carbocycles. The summed E-state index contributed by atoms with van der Waals surface area (Å²) >= 11 is 0. The lowest BCUT2D eigenvalue weighted by Crippen LogP contribution is -2.21. The Morgan fingerprint density at radius 1 is 0.896 bits per heavy atom. The largest absolute Gasteiger partial charge is 0.438 e. The van der Waals surface area contributed by atoms with Gasteiger partial charge in [-0.25, -0.2) is 14.5 Å². The summed E-state index contributed by atoms with van der Waals surface area (Å²) in [4.78, 5) is 22.4. The molecule has 240 valence electrons. The van der Waals surface area contributed by atoms with Gasteiger partial charge in [0, 0.05) is 58.9 Å². The first kappa shape index (κ1) is 30.5. The molecule has 0 atom stereocenters. The number of unbranched alkanes of at least 4 members (excludes halogenated alkanes) is 1. The molecule has 0 saturated heterocycles. The fraction of sp³-hybridized carbons (Fsp3) is 0.158. The molecule has 7 aromatic rings. The molecule has 2 amide bonds. The average Bonchev–Trinajstić information content (AvgIpc) is 3.67. The van der Waals surface area contributed by atoms with Crippen molar-refractivity contribution in [3.05, 3.63) is 121 Å². The zero-order valence-electron chi connectivity index (χ0n) is 27.1. The molecule has 0 saturated carbocycles. The third kappa shape index (κ3) is 6.54. The molecule has 0 fully saturated rings. The van der Waals surface area contributed by atoms with Crippen molar-refractivity contribution in [3.63, 3.8) is 0 Å². The molecule has 0 spiro atoms. The highest BCUT2D eigenvalue weighted by Gasteiger charge is 2.15. The lowest BCUT2D eigenvalue weighted by molar-refractivity contribution is 0.262. The number of amides is 2. The summed E-state index contributed by atoms with van der Waals surface area (Å²) in [5.41, 5.74) is 5.63. The molecule has 3 N–H and O–H groups in total. The SMILES string of the molecule is CCCCc1cc(NC(=O)Nc2ccc(Oc3ccnc(Nc4ccc5c(ccn5C)c4)n3)c3ccccc23)n(-c2ccc(C)cc2)n1. The van der Waals surface area contributed by atoms with Gasteiger partial charge in [0.15, 0.2) is 0 Å². The van der Waals surface area contributed by atoms with E-state index >= 15 is 0 Å². The maximum atomic E-state index is 13.4. The molecule has 10 nitrogen and oxygen atoms in total. The minimum absolute atomic E-state index is 0.371. The van der Waals surface area contributed by atoms with Gasteiger partial charge in [0.25, 0.3) is 0 Å². The van der Waals surface area contributed by atoms with Crippen molar-refractivity contribution in [2.75, 3.05) is 16.0 Å². The quantitative estimate of drug-likeness (QED) is 0.138. The van der Waals surface area contributed by atoms with E-state index in [4.69, 9.17) is 9.84 Å². The third-order valence-electron chi connectivity index (χ3n) is 8.18. The van der Waals surface area contributed by atoms with E-state index in [1.807, 2.05) is 93.0 Å². The lowest BCUT2D eigenvalue weighted by Gasteiger charge is -2.14. The van der Waals surface area contributed by atoms with E-state index in [0.29, 0.717) is 29.1 Å². The van der Waals surface area contributed by atoms with Gasteiger partial charge >= 0.3 is 6.03 Å². The Hall–Kier alpha value is -6.16. The summed E-state index contributed by atoms with van der Waals surface area (Å²) in [6.45, 7) is 4.20. The van der Waals surface area contributed by atoms with Crippen molar-refractivity contribution in [2.45, 2.75) is 33.1 Å². The van der Waals surface area contributed by atoms with E-state index in [9.17, 15) is 4.79 Å². The van der Waals surface area contributed by atoms with E-state index in [-0.39, 0.29) is 6.03 Å². The Kier molecular flexibility index (Phi) is 8.44. The standard InChI is InChI=1S/C38H36N8O2/c1-4-5-8-28-24-35(46(44-28)29-14-11-25(2)12-15-29)42-38(47)41-32-16-18-34(31-10-7-6-9-30(31)32)48-36-19-21-39-37(43-36)40-27-13-17-33-26(23-27)20-22-45(33)3/h6-7,9-24H,4-5,8H2,1-3H3,(H,39,40,43)(H2,41,42,47). The van der Waals surface area contributed by atoms with Gasteiger partial charge in [-0.15, -0.1) is 0 Å². The normalized spacial score (nSPS) is 11.1. The van der Waals surface area contributed by atoms with Crippen LogP contribution < -0.4 is 20.7 Å². The van der Waals surface area contributed by atoms with E-state index in [1.54, 1.807) is 16.9 Å². The van der Waals surface area contributed by atoms with Gasteiger partial charge in [-0.05, 0) is 68.3 Å². The summed E-state index contributed by atoms with van der Waals surface area (Å²) in [6.07, 6.45) is 6.61. The molecular formula is C38H36N8O2. The second kappa shape index (κ2) is 13.3. The van der Waals surface area contributed by atoms with Gasteiger partial charge in [-0.3, -0.25) is 5.32 Å². The van der Waals surface area contributed by atoms with Crippen molar-refractivity contribution in [3.8, 4) is 17.3 Å². The molecule has 10 heteroatoms. The van der Waals surface area contributed by atoms with Crippen molar-refractivity contribution in [1.29, 1.82) is 0 Å². The average molecular weight is 637 g/mol. The molecule has 48 heavy (non-hydrogen) atoms.